The van der Waals surface area contributed by atoms with Gasteiger partial charge in [0.15, 0.2) is 23.0 Å². The summed E-state index contributed by atoms with van der Waals surface area (Å²) in [4.78, 5) is 0. The molecule has 0 aromatic heterocycles. The Kier molecular flexibility index (Phi) is 9.31. The van der Waals surface area contributed by atoms with Gasteiger partial charge in [0.05, 0.1) is 32.5 Å². The molecule has 2 fully saturated rings. The average molecular weight is 621 g/mol. The number of alkyl halides is 1. The minimum atomic E-state index is -1.37. The van der Waals surface area contributed by atoms with Gasteiger partial charge in [0.25, 0.3) is 0 Å². The average Bonchev–Trinajstić information content (AvgIpc) is 3.38. The molecule has 0 aliphatic carbocycles. The third kappa shape index (κ3) is 6.39. The van der Waals surface area contributed by atoms with Crippen molar-refractivity contribution in [1.29, 1.82) is 0 Å². The minimum Gasteiger partial charge on any atom is -0.491 e. The number of hydrogen-bond acceptors (Lipinski definition) is 5. The van der Waals surface area contributed by atoms with Gasteiger partial charge in [0, 0.05) is 17.0 Å². The summed E-state index contributed by atoms with van der Waals surface area (Å²) in [7, 11) is 0. The SMILES string of the molecule is CCOc1ccc(Cc2cc([C@]34CC(OCc5ccccc5)[C@H](OCc5ccccc5)[C@](CF)(CO3)O4)ccc2Cl)cc1F. The number of ether oxygens (including phenoxy) is 5. The second kappa shape index (κ2) is 13.3. The van der Waals surface area contributed by atoms with Gasteiger partial charge in [-0.1, -0.05) is 84.4 Å². The van der Waals surface area contributed by atoms with Crippen LogP contribution >= 0.6 is 11.6 Å². The zero-order valence-corrected chi connectivity index (χ0v) is 25.3. The van der Waals surface area contributed by atoms with Gasteiger partial charge in [-0.15, -0.1) is 0 Å². The Bertz CT molecular complexity index is 1560. The van der Waals surface area contributed by atoms with E-state index in [1.165, 1.54) is 6.07 Å². The lowest BCUT2D eigenvalue weighted by Crippen LogP contribution is -2.60. The van der Waals surface area contributed by atoms with Crippen molar-refractivity contribution in [1.82, 2.24) is 0 Å². The molecule has 2 bridgehead atoms. The quantitative estimate of drug-likeness (QED) is 0.161. The summed E-state index contributed by atoms with van der Waals surface area (Å²) in [6, 6.07) is 30.0. The fraction of sp³-hybridized carbons (Fsp3) is 0.333. The molecule has 0 amide bonds. The van der Waals surface area contributed by atoms with E-state index in [1.807, 2.05) is 85.8 Å². The molecule has 2 aliphatic rings. The van der Waals surface area contributed by atoms with Crippen molar-refractivity contribution in [3.05, 3.63) is 136 Å². The van der Waals surface area contributed by atoms with E-state index >= 15 is 4.39 Å². The Morgan fingerprint density at radius 1 is 0.864 bits per heavy atom. The van der Waals surface area contributed by atoms with Crippen molar-refractivity contribution in [3.8, 4) is 5.75 Å². The summed E-state index contributed by atoms with van der Waals surface area (Å²) in [5.74, 6) is -1.50. The van der Waals surface area contributed by atoms with Crippen LogP contribution in [-0.2, 0) is 44.4 Å². The molecular weight excluding hydrogens is 586 g/mol. The number of rotatable bonds is 12. The van der Waals surface area contributed by atoms with Gasteiger partial charge in [0.2, 0.25) is 0 Å². The predicted octanol–water partition coefficient (Wildman–Crippen LogP) is 7.95. The zero-order valence-electron chi connectivity index (χ0n) is 24.5. The fourth-order valence-corrected chi connectivity index (χ4v) is 6.20. The summed E-state index contributed by atoms with van der Waals surface area (Å²) in [6.07, 6.45) is -0.604. The highest BCUT2D eigenvalue weighted by molar-refractivity contribution is 6.31. The first kappa shape index (κ1) is 30.7. The number of fused-ring (bicyclic) bond motifs is 2. The molecule has 4 aromatic carbocycles. The van der Waals surface area contributed by atoms with Crippen molar-refractivity contribution < 1.29 is 32.5 Å². The van der Waals surface area contributed by atoms with Gasteiger partial charge >= 0.3 is 0 Å². The Morgan fingerprint density at radius 3 is 2.23 bits per heavy atom. The van der Waals surface area contributed by atoms with Gasteiger partial charge in [-0.25, -0.2) is 8.78 Å². The Morgan fingerprint density at radius 2 is 1.57 bits per heavy atom. The van der Waals surface area contributed by atoms with E-state index in [2.05, 4.69) is 0 Å². The lowest BCUT2D eigenvalue weighted by Gasteiger charge is -2.46. The molecule has 2 heterocycles. The highest BCUT2D eigenvalue weighted by Gasteiger charge is 2.64. The van der Waals surface area contributed by atoms with Crippen molar-refractivity contribution >= 4 is 11.6 Å². The van der Waals surface area contributed by atoms with E-state index < -0.39 is 36.1 Å². The molecule has 1 unspecified atom stereocenters. The Hall–Kier alpha value is -3.33. The molecule has 230 valence electrons. The van der Waals surface area contributed by atoms with Crippen LogP contribution < -0.4 is 4.74 Å². The summed E-state index contributed by atoms with van der Waals surface area (Å²) in [6.45, 7) is 1.97. The number of benzene rings is 4. The second-order valence-electron chi connectivity index (χ2n) is 11.3. The Balaban J connectivity index is 1.29. The molecule has 5 nitrogen and oxygen atoms in total. The van der Waals surface area contributed by atoms with E-state index in [9.17, 15) is 4.39 Å². The van der Waals surface area contributed by atoms with Crippen LogP contribution in [0.4, 0.5) is 8.78 Å². The van der Waals surface area contributed by atoms with E-state index in [0.717, 1.165) is 22.3 Å². The van der Waals surface area contributed by atoms with E-state index in [1.54, 1.807) is 12.1 Å². The molecule has 0 radical (unpaired) electrons. The second-order valence-corrected chi connectivity index (χ2v) is 11.7. The smallest absolute Gasteiger partial charge is 0.198 e. The molecule has 4 atom stereocenters. The molecule has 2 aliphatic heterocycles. The summed E-state index contributed by atoms with van der Waals surface area (Å²) in [5, 5.41) is 0.519. The minimum absolute atomic E-state index is 0.00375. The molecular formula is C36H35ClF2O5. The van der Waals surface area contributed by atoms with Crippen molar-refractivity contribution in [2.75, 3.05) is 19.9 Å². The summed E-state index contributed by atoms with van der Waals surface area (Å²) in [5.41, 5.74) is 2.77. The predicted molar refractivity (Wildman–Crippen MR) is 164 cm³/mol. The van der Waals surface area contributed by atoms with Gasteiger partial charge in [-0.2, -0.15) is 0 Å². The van der Waals surface area contributed by atoms with Crippen LogP contribution in [0, 0.1) is 5.82 Å². The third-order valence-corrected chi connectivity index (χ3v) is 8.59. The maximum atomic E-state index is 15.1. The Labute approximate surface area is 261 Å². The van der Waals surface area contributed by atoms with Gasteiger partial charge in [0.1, 0.15) is 12.8 Å². The van der Waals surface area contributed by atoms with Crippen LogP contribution in [0.2, 0.25) is 5.02 Å². The first-order chi connectivity index (χ1) is 21.4. The highest BCUT2D eigenvalue weighted by Crippen LogP contribution is 2.52. The molecule has 2 saturated heterocycles. The fourth-order valence-electron chi connectivity index (χ4n) is 6.02. The molecule has 0 N–H and O–H groups in total. The van der Waals surface area contributed by atoms with E-state index in [0.29, 0.717) is 30.2 Å². The lowest BCUT2D eigenvalue weighted by atomic mass is 9.85. The first-order valence-electron chi connectivity index (χ1n) is 14.8. The van der Waals surface area contributed by atoms with Crippen molar-refractivity contribution in [2.24, 2.45) is 0 Å². The maximum absolute atomic E-state index is 15.1. The number of hydrogen-bond donors (Lipinski definition) is 0. The first-order valence-corrected chi connectivity index (χ1v) is 15.2. The van der Waals surface area contributed by atoms with Gasteiger partial charge in [-0.3, -0.25) is 0 Å². The standard InChI is InChI=1S/C36H35ClF2O5/c1-2-40-32-16-13-27(18-31(32)39)17-28-19-29(14-15-30(28)37)36-20-33(41-21-25-9-5-3-6-10-25)34(35(23-38,44-36)24-43-36)42-22-26-11-7-4-8-12-26/h3-16,18-19,33-34H,2,17,20-24H2,1H3/t33?,34-,35-,36+/m0/s1. The monoisotopic (exact) mass is 620 g/mol. The van der Waals surface area contributed by atoms with Gasteiger partial charge < -0.3 is 23.7 Å². The van der Waals surface area contributed by atoms with Crippen LogP contribution in [0.15, 0.2) is 97.1 Å². The van der Waals surface area contributed by atoms with Crippen molar-refractivity contribution in [2.45, 2.75) is 56.6 Å². The summed E-state index contributed by atoms with van der Waals surface area (Å²) >= 11 is 6.62. The molecule has 6 rings (SSSR count). The molecule has 0 saturated carbocycles. The van der Waals surface area contributed by atoms with Crippen LogP contribution in [-0.4, -0.2) is 37.7 Å². The maximum Gasteiger partial charge on any atom is 0.198 e. The highest BCUT2D eigenvalue weighted by atomic mass is 35.5. The largest absolute Gasteiger partial charge is 0.491 e. The van der Waals surface area contributed by atoms with Crippen LogP contribution in [0.5, 0.6) is 5.75 Å². The van der Waals surface area contributed by atoms with Crippen LogP contribution in [0.25, 0.3) is 0 Å². The van der Waals surface area contributed by atoms with Gasteiger partial charge in [-0.05, 0) is 59.9 Å². The molecule has 0 spiro atoms. The normalized spacial score (nSPS) is 24.4. The van der Waals surface area contributed by atoms with Crippen molar-refractivity contribution in [3.63, 3.8) is 0 Å². The number of halogens is 3. The van der Waals surface area contributed by atoms with E-state index in [-0.39, 0.29) is 25.4 Å². The van der Waals surface area contributed by atoms with Crippen LogP contribution in [0.1, 0.15) is 41.2 Å². The third-order valence-electron chi connectivity index (χ3n) is 8.23. The summed E-state index contributed by atoms with van der Waals surface area (Å²) < 4.78 is 60.9. The van der Waals surface area contributed by atoms with Crippen LogP contribution in [0.3, 0.4) is 0 Å². The molecule has 4 aromatic rings. The zero-order chi connectivity index (χ0) is 30.6. The molecule has 44 heavy (non-hydrogen) atoms. The lowest BCUT2D eigenvalue weighted by molar-refractivity contribution is -0.295. The molecule has 8 heteroatoms. The van der Waals surface area contributed by atoms with E-state index in [4.69, 9.17) is 35.3 Å². The topological polar surface area (TPSA) is 46.2 Å².